The number of anilines is 3. The van der Waals surface area contributed by atoms with E-state index in [4.69, 9.17) is 16.3 Å². The van der Waals surface area contributed by atoms with Crippen LogP contribution in [0.3, 0.4) is 0 Å². The third-order valence-electron chi connectivity index (χ3n) is 7.21. The monoisotopic (exact) mass is 576 g/mol. The first kappa shape index (κ1) is 28.7. The van der Waals surface area contributed by atoms with Crippen LogP contribution >= 0.6 is 11.6 Å². The summed E-state index contributed by atoms with van der Waals surface area (Å²) in [6.07, 6.45) is -0.915. The van der Waals surface area contributed by atoms with E-state index in [0.29, 0.717) is 29.3 Å². The maximum absolute atomic E-state index is 13.9. The average molecular weight is 577 g/mol. The Hall–Kier alpha value is -2.35. The molecule has 2 aliphatic rings. The van der Waals surface area contributed by atoms with Gasteiger partial charge in [0.2, 0.25) is 16.0 Å². The van der Waals surface area contributed by atoms with Gasteiger partial charge in [-0.15, -0.1) is 0 Å². The maximum atomic E-state index is 13.9. The molecule has 1 aliphatic carbocycles. The number of aromatic nitrogens is 2. The van der Waals surface area contributed by atoms with Crippen LogP contribution in [0.25, 0.3) is 0 Å². The van der Waals surface area contributed by atoms with Crippen molar-refractivity contribution in [1.82, 2.24) is 19.6 Å². The van der Waals surface area contributed by atoms with Gasteiger partial charge >= 0.3 is 6.18 Å². The van der Waals surface area contributed by atoms with Crippen LogP contribution in [-0.4, -0.2) is 75.3 Å². The highest BCUT2D eigenvalue weighted by molar-refractivity contribution is 7.88. The number of rotatable bonds is 8. The fourth-order valence-corrected chi connectivity index (χ4v) is 6.23. The minimum absolute atomic E-state index is 0.0314. The van der Waals surface area contributed by atoms with E-state index in [-0.39, 0.29) is 24.0 Å². The molecule has 2 N–H and O–H groups in total. The zero-order chi connectivity index (χ0) is 27.7. The van der Waals surface area contributed by atoms with Gasteiger partial charge in [-0.05, 0) is 31.2 Å². The minimum atomic E-state index is -4.66. The summed E-state index contributed by atoms with van der Waals surface area (Å²) in [6, 6.07) is 3.03. The van der Waals surface area contributed by atoms with Crippen molar-refractivity contribution in [1.29, 1.82) is 0 Å². The van der Waals surface area contributed by atoms with Gasteiger partial charge in [0.15, 0.2) is 0 Å². The van der Waals surface area contributed by atoms with E-state index < -0.39 is 27.8 Å². The number of benzene rings is 1. The number of piperazine rings is 1. The van der Waals surface area contributed by atoms with Crippen LogP contribution in [0, 0.1) is 5.92 Å². The first-order chi connectivity index (χ1) is 17.9. The molecule has 1 aromatic heterocycles. The maximum Gasteiger partial charge on any atom is 0.419 e. The molecule has 4 rings (SSSR count). The number of sulfonamides is 1. The molecule has 2 aromatic rings. The summed E-state index contributed by atoms with van der Waals surface area (Å²) in [4.78, 5) is 10.3. The number of alkyl halides is 3. The van der Waals surface area contributed by atoms with E-state index in [9.17, 15) is 21.6 Å². The smallest absolute Gasteiger partial charge is 0.419 e. The van der Waals surface area contributed by atoms with Crippen molar-refractivity contribution >= 4 is 38.9 Å². The van der Waals surface area contributed by atoms with E-state index in [0.717, 1.165) is 50.7 Å². The summed E-state index contributed by atoms with van der Waals surface area (Å²) in [5, 5.41) is 6.70. The van der Waals surface area contributed by atoms with Gasteiger partial charge in [0, 0.05) is 51.5 Å². The molecule has 0 amide bonds. The molecular formula is C24H32ClF3N6O3S. The zero-order valence-electron chi connectivity index (χ0n) is 21.5. The zero-order valence-corrected chi connectivity index (χ0v) is 23.0. The summed E-state index contributed by atoms with van der Waals surface area (Å²) >= 11 is 6.57. The predicted molar refractivity (Wildman–Crippen MR) is 141 cm³/mol. The molecular weight excluding hydrogens is 545 g/mol. The first-order valence-electron chi connectivity index (χ1n) is 12.3. The molecule has 2 fully saturated rings. The Morgan fingerprint density at radius 2 is 1.97 bits per heavy atom. The summed E-state index contributed by atoms with van der Waals surface area (Å²) in [6.45, 7) is 3.20. The second-order valence-electron chi connectivity index (χ2n) is 9.66. The standard InChI is InChI=1S/C24H32ClF3N6O3S/c1-33(38(3,35)36)20-6-4-5-15(20)11-18-16(24(26,27)28)14-30-23(31-18)32-19-12-17(25)21(13-22(19)37-2)34-9-7-29-8-10-34/h12-15,20,29H,4-11H2,1-3H3,(H,30,31,32)/t15-,20+/m0/s1. The number of hydrogen-bond acceptors (Lipinski definition) is 8. The Labute approximate surface area is 225 Å². The Morgan fingerprint density at radius 1 is 1.26 bits per heavy atom. The SMILES string of the molecule is COc1cc(N2CCNCC2)c(Cl)cc1Nc1ncc(C(F)(F)F)c(C[C@@H]2CCC[C@H]2N(C)S(C)(=O)=O)n1. The Bertz CT molecular complexity index is 1260. The van der Waals surface area contributed by atoms with Crippen LogP contribution < -0.4 is 20.3 Å². The van der Waals surface area contributed by atoms with Crippen molar-refractivity contribution in [3.05, 3.63) is 34.6 Å². The number of methoxy groups -OCH3 is 1. The third kappa shape index (κ3) is 6.44. The molecule has 14 heteroatoms. The largest absolute Gasteiger partial charge is 0.494 e. The lowest BCUT2D eigenvalue weighted by molar-refractivity contribution is -0.138. The highest BCUT2D eigenvalue weighted by Gasteiger charge is 2.39. The lowest BCUT2D eigenvalue weighted by Crippen LogP contribution is -2.43. The summed E-state index contributed by atoms with van der Waals surface area (Å²) in [7, 11) is -0.528. The second kappa shape index (κ2) is 11.4. The van der Waals surface area contributed by atoms with Crippen molar-refractivity contribution in [2.24, 2.45) is 5.92 Å². The van der Waals surface area contributed by atoms with E-state index in [1.165, 1.54) is 18.5 Å². The van der Waals surface area contributed by atoms with Gasteiger partial charge in [0.1, 0.15) is 5.75 Å². The number of halogens is 4. The third-order valence-corrected chi connectivity index (χ3v) is 8.83. The fraction of sp³-hybridized carbons (Fsp3) is 0.583. The topological polar surface area (TPSA) is 99.7 Å². The lowest BCUT2D eigenvalue weighted by atomic mass is 9.95. The Morgan fingerprint density at radius 3 is 2.61 bits per heavy atom. The molecule has 38 heavy (non-hydrogen) atoms. The number of nitrogens with zero attached hydrogens (tertiary/aromatic N) is 4. The van der Waals surface area contributed by atoms with E-state index >= 15 is 0 Å². The lowest BCUT2D eigenvalue weighted by Gasteiger charge is -2.30. The van der Waals surface area contributed by atoms with Gasteiger partial charge in [-0.25, -0.2) is 22.7 Å². The van der Waals surface area contributed by atoms with Crippen molar-refractivity contribution in [2.75, 3.05) is 56.8 Å². The average Bonchev–Trinajstić information content (AvgIpc) is 3.31. The highest BCUT2D eigenvalue weighted by Crippen LogP contribution is 2.40. The number of hydrogen-bond donors (Lipinski definition) is 2. The second-order valence-corrected chi connectivity index (χ2v) is 12.1. The molecule has 1 saturated carbocycles. The molecule has 1 aliphatic heterocycles. The Balaban J connectivity index is 1.63. The normalized spacial score (nSPS) is 20.7. The van der Waals surface area contributed by atoms with Crippen LogP contribution in [0.15, 0.2) is 18.3 Å². The van der Waals surface area contributed by atoms with Gasteiger partial charge < -0.3 is 20.3 Å². The molecule has 0 spiro atoms. The molecule has 0 radical (unpaired) electrons. The minimum Gasteiger partial charge on any atom is -0.494 e. The van der Waals surface area contributed by atoms with Crippen LogP contribution in [-0.2, 0) is 22.6 Å². The molecule has 210 valence electrons. The van der Waals surface area contributed by atoms with Gasteiger partial charge in [0.25, 0.3) is 0 Å². The summed E-state index contributed by atoms with van der Waals surface area (Å²) in [5.41, 5.74) is 0.0931. The highest BCUT2D eigenvalue weighted by atomic mass is 35.5. The molecule has 2 atom stereocenters. The fourth-order valence-electron chi connectivity index (χ4n) is 5.18. The van der Waals surface area contributed by atoms with Crippen LogP contribution in [0.1, 0.15) is 30.5 Å². The predicted octanol–water partition coefficient (Wildman–Crippen LogP) is 3.91. The molecule has 1 aromatic carbocycles. The van der Waals surface area contributed by atoms with E-state index in [1.54, 1.807) is 12.1 Å². The summed E-state index contributed by atoms with van der Waals surface area (Å²) < 4.78 is 72.6. The van der Waals surface area contributed by atoms with Gasteiger partial charge in [0.05, 0.1) is 41.0 Å². The van der Waals surface area contributed by atoms with Crippen LogP contribution in [0.5, 0.6) is 5.75 Å². The molecule has 0 bridgehead atoms. The number of ether oxygens (including phenoxy) is 1. The van der Waals surface area contributed by atoms with E-state index in [1.807, 2.05) is 0 Å². The Kier molecular flexibility index (Phi) is 8.60. The first-order valence-corrected chi connectivity index (χ1v) is 14.6. The van der Waals surface area contributed by atoms with Crippen molar-refractivity contribution in [2.45, 2.75) is 37.9 Å². The molecule has 2 heterocycles. The van der Waals surface area contributed by atoms with Gasteiger partial charge in [-0.2, -0.15) is 13.2 Å². The molecule has 9 nitrogen and oxygen atoms in total. The van der Waals surface area contributed by atoms with Crippen molar-refractivity contribution < 1.29 is 26.3 Å². The van der Waals surface area contributed by atoms with Gasteiger partial charge in [-0.1, -0.05) is 18.0 Å². The van der Waals surface area contributed by atoms with Crippen molar-refractivity contribution in [3.63, 3.8) is 0 Å². The van der Waals surface area contributed by atoms with Crippen molar-refractivity contribution in [3.8, 4) is 5.75 Å². The van der Waals surface area contributed by atoms with E-state index in [2.05, 4.69) is 25.5 Å². The molecule has 1 saturated heterocycles. The number of nitrogens with one attached hydrogen (secondary N) is 2. The molecule has 0 unspecified atom stereocenters. The summed E-state index contributed by atoms with van der Waals surface area (Å²) in [5.74, 6) is 0.0998. The quantitative estimate of drug-likeness (QED) is 0.488. The van der Waals surface area contributed by atoms with Crippen LogP contribution in [0.4, 0.5) is 30.5 Å². The van der Waals surface area contributed by atoms with Crippen LogP contribution in [0.2, 0.25) is 5.02 Å². The van der Waals surface area contributed by atoms with Gasteiger partial charge in [-0.3, -0.25) is 0 Å².